The lowest BCUT2D eigenvalue weighted by atomic mass is 10.0. The van der Waals surface area contributed by atoms with Crippen molar-refractivity contribution in [2.45, 2.75) is 65.1 Å². The van der Waals surface area contributed by atoms with Crippen molar-refractivity contribution >= 4 is 11.6 Å². The molecule has 0 unspecified atom stereocenters. The smallest absolute Gasteiger partial charge is 0.191 e. The zero-order valence-electron chi connectivity index (χ0n) is 18.2. The van der Waals surface area contributed by atoms with Crippen LogP contribution >= 0.6 is 0 Å². The highest BCUT2D eigenvalue weighted by Gasteiger charge is 2.20. The molecule has 1 saturated heterocycles. The summed E-state index contributed by atoms with van der Waals surface area (Å²) in [6.45, 7) is 12.9. The third kappa shape index (κ3) is 6.97. The summed E-state index contributed by atoms with van der Waals surface area (Å²) in [4.78, 5) is 9.14. The highest BCUT2D eigenvalue weighted by atomic mass is 19.1. The third-order valence-electron chi connectivity index (χ3n) is 5.44. The Kier molecular flexibility index (Phi) is 9.03. The van der Waals surface area contributed by atoms with Crippen LogP contribution in [0.5, 0.6) is 0 Å². The second kappa shape index (κ2) is 11.2. The van der Waals surface area contributed by atoms with Gasteiger partial charge in [0.1, 0.15) is 5.82 Å². The SMILES string of the molecule is CN=C(NCCCN(C(C)C)C(C)C)NC1CCN(c2cccc(F)c2)CC1. The van der Waals surface area contributed by atoms with Crippen molar-refractivity contribution in [3.8, 4) is 0 Å². The maximum atomic E-state index is 13.4. The first-order valence-corrected chi connectivity index (χ1v) is 10.6. The molecule has 1 heterocycles. The van der Waals surface area contributed by atoms with E-state index in [0.29, 0.717) is 18.1 Å². The van der Waals surface area contributed by atoms with Crippen molar-refractivity contribution in [2.75, 3.05) is 38.1 Å². The Morgan fingerprint density at radius 1 is 1.21 bits per heavy atom. The molecule has 0 atom stereocenters. The van der Waals surface area contributed by atoms with Gasteiger partial charge in [0.05, 0.1) is 0 Å². The summed E-state index contributed by atoms with van der Waals surface area (Å²) in [6, 6.07) is 8.41. The molecule has 0 spiro atoms. The molecule has 1 fully saturated rings. The van der Waals surface area contributed by atoms with Crippen molar-refractivity contribution < 1.29 is 4.39 Å². The highest BCUT2D eigenvalue weighted by molar-refractivity contribution is 5.79. The van der Waals surface area contributed by atoms with Gasteiger partial charge in [0.2, 0.25) is 0 Å². The van der Waals surface area contributed by atoms with E-state index in [2.05, 4.69) is 53.1 Å². The van der Waals surface area contributed by atoms with Crippen molar-refractivity contribution in [3.05, 3.63) is 30.1 Å². The molecule has 5 nitrogen and oxygen atoms in total. The van der Waals surface area contributed by atoms with Crippen LogP contribution in [0.25, 0.3) is 0 Å². The minimum Gasteiger partial charge on any atom is -0.371 e. The zero-order valence-corrected chi connectivity index (χ0v) is 18.2. The first-order chi connectivity index (χ1) is 13.4. The fourth-order valence-electron chi connectivity index (χ4n) is 3.92. The molecule has 0 bridgehead atoms. The minimum absolute atomic E-state index is 0.171. The maximum Gasteiger partial charge on any atom is 0.191 e. The number of hydrogen-bond acceptors (Lipinski definition) is 3. The summed E-state index contributed by atoms with van der Waals surface area (Å²) in [5.41, 5.74) is 0.973. The average Bonchev–Trinajstić information content (AvgIpc) is 2.66. The van der Waals surface area contributed by atoms with Gasteiger partial charge >= 0.3 is 0 Å². The number of nitrogens with one attached hydrogen (secondary N) is 2. The van der Waals surface area contributed by atoms with Crippen molar-refractivity contribution in [3.63, 3.8) is 0 Å². The van der Waals surface area contributed by atoms with Crippen LogP contribution in [0.3, 0.4) is 0 Å². The van der Waals surface area contributed by atoms with E-state index in [9.17, 15) is 4.39 Å². The number of halogens is 1. The van der Waals surface area contributed by atoms with Gasteiger partial charge in [-0.05, 0) is 65.2 Å². The summed E-state index contributed by atoms with van der Waals surface area (Å²) in [7, 11) is 1.83. The Morgan fingerprint density at radius 3 is 2.46 bits per heavy atom. The van der Waals surface area contributed by atoms with E-state index in [4.69, 9.17) is 0 Å². The van der Waals surface area contributed by atoms with E-state index in [1.807, 2.05) is 13.1 Å². The van der Waals surface area contributed by atoms with Crippen LogP contribution in [0.1, 0.15) is 47.0 Å². The molecule has 1 aliphatic heterocycles. The average molecular weight is 392 g/mol. The topological polar surface area (TPSA) is 42.9 Å². The number of benzene rings is 1. The fourth-order valence-corrected chi connectivity index (χ4v) is 3.92. The molecule has 28 heavy (non-hydrogen) atoms. The second-order valence-electron chi connectivity index (χ2n) is 8.16. The lowest BCUT2D eigenvalue weighted by Gasteiger charge is -2.34. The first kappa shape index (κ1) is 22.5. The van der Waals surface area contributed by atoms with Gasteiger partial charge in [-0.1, -0.05) is 6.07 Å². The van der Waals surface area contributed by atoms with E-state index in [0.717, 1.165) is 57.1 Å². The first-order valence-electron chi connectivity index (χ1n) is 10.6. The van der Waals surface area contributed by atoms with Gasteiger partial charge in [-0.25, -0.2) is 4.39 Å². The van der Waals surface area contributed by atoms with Crippen LogP contribution in [0.4, 0.5) is 10.1 Å². The van der Waals surface area contributed by atoms with Gasteiger partial charge in [0.25, 0.3) is 0 Å². The van der Waals surface area contributed by atoms with Gasteiger partial charge in [0.15, 0.2) is 5.96 Å². The largest absolute Gasteiger partial charge is 0.371 e. The van der Waals surface area contributed by atoms with E-state index in [1.165, 1.54) is 6.07 Å². The molecule has 1 aromatic rings. The number of piperidine rings is 1. The highest BCUT2D eigenvalue weighted by Crippen LogP contribution is 2.20. The zero-order chi connectivity index (χ0) is 20.5. The number of anilines is 1. The molecule has 0 amide bonds. The molecule has 0 radical (unpaired) electrons. The molecule has 0 aliphatic carbocycles. The maximum absolute atomic E-state index is 13.4. The van der Waals surface area contributed by atoms with Crippen molar-refractivity contribution in [1.82, 2.24) is 15.5 Å². The molecule has 2 N–H and O–H groups in total. The van der Waals surface area contributed by atoms with Gasteiger partial charge in [-0.2, -0.15) is 0 Å². The second-order valence-corrected chi connectivity index (χ2v) is 8.16. The number of nitrogens with zero attached hydrogens (tertiary/aromatic N) is 3. The van der Waals surface area contributed by atoms with E-state index in [-0.39, 0.29) is 5.82 Å². The molecule has 0 aromatic heterocycles. The summed E-state index contributed by atoms with van der Waals surface area (Å²) in [5.74, 6) is 0.709. The standard InChI is InChI=1S/C22H38FN5/c1-17(2)28(18(3)4)13-7-12-25-22(24-5)26-20-10-14-27(15-11-20)21-9-6-8-19(23)16-21/h6,8-9,16-18,20H,7,10-15H2,1-5H3,(H2,24,25,26). The van der Waals surface area contributed by atoms with Gasteiger partial charge in [-0.15, -0.1) is 0 Å². The lowest BCUT2D eigenvalue weighted by molar-refractivity contribution is 0.173. The van der Waals surface area contributed by atoms with E-state index >= 15 is 0 Å². The van der Waals surface area contributed by atoms with Gasteiger partial charge in [0, 0.05) is 57.0 Å². The summed E-state index contributed by atoms with van der Waals surface area (Å²) >= 11 is 0. The Morgan fingerprint density at radius 2 is 1.89 bits per heavy atom. The van der Waals surface area contributed by atoms with Crippen LogP contribution in [0.2, 0.25) is 0 Å². The molecule has 2 rings (SSSR count). The molecule has 0 saturated carbocycles. The molecule has 158 valence electrons. The van der Waals surface area contributed by atoms with Gasteiger partial charge < -0.3 is 15.5 Å². The van der Waals surface area contributed by atoms with Crippen LogP contribution < -0.4 is 15.5 Å². The monoisotopic (exact) mass is 391 g/mol. The third-order valence-corrected chi connectivity index (χ3v) is 5.44. The predicted octanol–water partition coefficient (Wildman–Crippen LogP) is 3.47. The fraction of sp³-hybridized carbons (Fsp3) is 0.682. The van der Waals surface area contributed by atoms with E-state index < -0.39 is 0 Å². The molecule has 6 heteroatoms. The van der Waals surface area contributed by atoms with Crippen LogP contribution in [0, 0.1) is 5.82 Å². The van der Waals surface area contributed by atoms with Crippen LogP contribution in [0.15, 0.2) is 29.3 Å². The normalized spacial score (nSPS) is 16.3. The quantitative estimate of drug-likeness (QED) is 0.405. The Labute approximate surface area is 170 Å². The summed E-state index contributed by atoms with van der Waals surface area (Å²) < 4.78 is 13.4. The minimum atomic E-state index is -0.171. The van der Waals surface area contributed by atoms with Crippen molar-refractivity contribution in [1.29, 1.82) is 0 Å². The van der Waals surface area contributed by atoms with Gasteiger partial charge in [-0.3, -0.25) is 9.89 Å². The lowest BCUT2D eigenvalue weighted by Crippen LogP contribution is -2.49. The molecular formula is C22H38FN5. The molecular weight excluding hydrogens is 353 g/mol. The number of aliphatic imine (C=N–C) groups is 1. The van der Waals surface area contributed by atoms with Crippen molar-refractivity contribution in [2.24, 2.45) is 4.99 Å². The molecule has 1 aromatic carbocycles. The Hall–Kier alpha value is -1.82. The summed E-state index contributed by atoms with van der Waals surface area (Å²) in [5, 5.41) is 7.00. The Bertz CT molecular complexity index is 601. The number of guanidine groups is 1. The molecule has 1 aliphatic rings. The summed E-state index contributed by atoms with van der Waals surface area (Å²) in [6.07, 6.45) is 3.13. The number of hydrogen-bond donors (Lipinski definition) is 2. The van der Waals surface area contributed by atoms with Crippen LogP contribution in [-0.4, -0.2) is 62.2 Å². The Balaban J connectivity index is 1.71. The number of rotatable bonds is 8. The van der Waals surface area contributed by atoms with Crippen LogP contribution in [-0.2, 0) is 0 Å². The van der Waals surface area contributed by atoms with E-state index in [1.54, 1.807) is 12.1 Å². The predicted molar refractivity (Wildman–Crippen MR) is 118 cm³/mol.